The van der Waals surface area contributed by atoms with Crippen molar-refractivity contribution in [1.82, 2.24) is 15.0 Å². The van der Waals surface area contributed by atoms with E-state index < -0.39 is 0 Å². The second-order valence-corrected chi connectivity index (χ2v) is 2.99. The summed E-state index contributed by atoms with van der Waals surface area (Å²) in [6, 6.07) is 5.21. The predicted molar refractivity (Wildman–Crippen MR) is 60.3 cm³/mol. The molecule has 0 saturated heterocycles. The molecule has 2 aromatic rings. The van der Waals surface area contributed by atoms with Crippen LogP contribution in [0.15, 0.2) is 30.6 Å². The van der Waals surface area contributed by atoms with Crippen molar-refractivity contribution in [1.29, 1.82) is 0 Å². The van der Waals surface area contributed by atoms with Gasteiger partial charge in [-0.25, -0.2) is 0 Å². The van der Waals surface area contributed by atoms with Gasteiger partial charge in [-0.05, 0) is 12.1 Å². The molecule has 0 aliphatic heterocycles. The number of pyridine rings is 1. The molecule has 6 nitrogen and oxygen atoms in total. The number of nitrogens with one attached hydrogen (secondary N) is 1. The number of aromatic nitrogens is 3. The molecule has 3 N–H and O–H groups in total. The lowest BCUT2D eigenvalue weighted by Gasteiger charge is -2.06. The van der Waals surface area contributed by atoms with Gasteiger partial charge in [-0.2, -0.15) is 9.97 Å². The van der Waals surface area contributed by atoms with Crippen molar-refractivity contribution in [2.45, 2.75) is 0 Å². The molecule has 0 fully saturated rings. The van der Waals surface area contributed by atoms with Crippen LogP contribution in [0.2, 0.25) is 0 Å². The van der Waals surface area contributed by atoms with Crippen molar-refractivity contribution in [3.8, 4) is 11.6 Å². The zero-order valence-electron chi connectivity index (χ0n) is 8.71. The molecule has 2 rings (SSSR count). The van der Waals surface area contributed by atoms with E-state index in [9.17, 15) is 0 Å². The minimum absolute atomic E-state index is 0.158. The fourth-order valence-electron chi connectivity index (χ4n) is 1.15. The standard InChI is InChI=1S/C10H11N5O/c1-12-8-5-9(15-10(11)14-8)16-7-3-2-4-13-6-7/h2-6H,1H3,(H3,11,12,14,15). The van der Waals surface area contributed by atoms with Gasteiger partial charge in [0.15, 0.2) is 0 Å². The first kappa shape index (κ1) is 10.2. The third kappa shape index (κ3) is 2.35. The summed E-state index contributed by atoms with van der Waals surface area (Å²) in [5, 5.41) is 2.87. The number of nitrogens with zero attached hydrogens (tertiary/aromatic N) is 3. The van der Waals surface area contributed by atoms with Gasteiger partial charge < -0.3 is 15.8 Å². The molecule has 0 saturated carbocycles. The van der Waals surface area contributed by atoms with Gasteiger partial charge in [-0.1, -0.05) is 0 Å². The number of nitrogens with two attached hydrogens (primary N) is 1. The molecule has 0 radical (unpaired) electrons. The van der Waals surface area contributed by atoms with Crippen LogP contribution < -0.4 is 15.8 Å². The van der Waals surface area contributed by atoms with E-state index in [-0.39, 0.29) is 5.95 Å². The average molecular weight is 217 g/mol. The fraction of sp³-hybridized carbons (Fsp3) is 0.100. The van der Waals surface area contributed by atoms with Gasteiger partial charge in [0.1, 0.15) is 11.6 Å². The summed E-state index contributed by atoms with van der Waals surface area (Å²) in [6.07, 6.45) is 3.26. The zero-order valence-corrected chi connectivity index (χ0v) is 8.71. The number of ether oxygens (including phenoxy) is 1. The first-order chi connectivity index (χ1) is 7.78. The van der Waals surface area contributed by atoms with E-state index in [4.69, 9.17) is 10.5 Å². The smallest absolute Gasteiger partial charge is 0.226 e. The van der Waals surface area contributed by atoms with Gasteiger partial charge in [0, 0.05) is 19.3 Å². The van der Waals surface area contributed by atoms with Crippen molar-refractivity contribution >= 4 is 11.8 Å². The van der Waals surface area contributed by atoms with Crippen LogP contribution in [0.25, 0.3) is 0 Å². The second kappa shape index (κ2) is 4.43. The third-order valence-corrected chi connectivity index (χ3v) is 1.83. The molecule has 0 amide bonds. The average Bonchev–Trinajstić information content (AvgIpc) is 2.29. The number of nitrogen functional groups attached to an aromatic ring is 1. The Hall–Kier alpha value is -2.37. The largest absolute Gasteiger partial charge is 0.437 e. The number of rotatable bonds is 3. The van der Waals surface area contributed by atoms with Gasteiger partial charge >= 0.3 is 0 Å². The first-order valence-corrected chi connectivity index (χ1v) is 4.68. The maximum absolute atomic E-state index is 5.53. The summed E-state index contributed by atoms with van der Waals surface area (Å²) in [5.74, 6) is 1.74. The monoisotopic (exact) mass is 217 g/mol. The Bertz CT molecular complexity index is 474. The molecule has 0 unspecified atom stereocenters. The van der Waals surface area contributed by atoms with Crippen molar-refractivity contribution in [3.05, 3.63) is 30.6 Å². The molecule has 0 aliphatic carbocycles. The first-order valence-electron chi connectivity index (χ1n) is 4.68. The molecule has 16 heavy (non-hydrogen) atoms. The summed E-state index contributed by atoms with van der Waals surface area (Å²) >= 11 is 0. The lowest BCUT2D eigenvalue weighted by Crippen LogP contribution is -2.01. The van der Waals surface area contributed by atoms with Crippen LogP contribution in [-0.4, -0.2) is 22.0 Å². The molecule has 82 valence electrons. The van der Waals surface area contributed by atoms with Gasteiger partial charge in [-0.3, -0.25) is 4.98 Å². The quantitative estimate of drug-likeness (QED) is 0.805. The molecule has 0 bridgehead atoms. The van der Waals surface area contributed by atoms with Gasteiger partial charge in [0.05, 0.1) is 6.20 Å². The Morgan fingerprint density at radius 1 is 1.38 bits per heavy atom. The van der Waals surface area contributed by atoms with Crippen LogP contribution in [0.3, 0.4) is 0 Å². The van der Waals surface area contributed by atoms with E-state index >= 15 is 0 Å². The van der Waals surface area contributed by atoms with E-state index in [2.05, 4.69) is 20.3 Å². The number of hydrogen-bond acceptors (Lipinski definition) is 6. The minimum atomic E-state index is 0.158. The lowest BCUT2D eigenvalue weighted by atomic mass is 10.4. The second-order valence-electron chi connectivity index (χ2n) is 2.99. The predicted octanol–water partition coefficient (Wildman–Crippen LogP) is 1.29. The Labute approximate surface area is 92.5 Å². The Morgan fingerprint density at radius 2 is 2.25 bits per heavy atom. The SMILES string of the molecule is CNc1cc(Oc2cccnc2)nc(N)n1. The summed E-state index contributed by atoms with van der Waals surface area (Å²) < 4.78 is 5.47. The van der Waals surface area contributed by atoms with E-state index in [1.165, 1.54) is 0 Å². The lowest BCUT2D eigenvalue weighted by molar-refractivity contribution is 0.461. The van der Waals surface area contributed by atoms with Crippen molar-refractivity contribution in [2.24, 2.45) is 0 Å². The molecular weight excluding hydrogens is 206 g/mol. The third-order valence-electron chi connectivity index (χ3n) is 1.83. The van der Waals surface area contributed by atoms with E-state index in [0.29, 0.717) is 17.4 Å². The van der Waals surface area contributed by atoms with Gasteiger partial charge in [0.25, 0.3) is 0 Å². The number of anilines is 2. The Kier molecular flexibility index (Phi) is 2.81. The molecule has 6 heteroatoms. The Balaban J connectivity index is 2.24. The molecular formula is C10H11N5O. The normalized spacial score (nSPS) is 9.81. The van der Waals surface area contributed by atoms with Crippen molar-refractivity contribution < 1.29 is 4.74 Å². The van der Waals surface area contributed by atoms with Crippen LogP contribution >= 0.6 is 0 Å². The Morgan fingerprint density at radius 3 is 2.94 bits per heavy atom. The zero-order chi connectivity index (χ0) is 11.4. The topological polar surface area (TPSA) is 86.0 Å². The van der Waals surface area contributed by atoms with Crippen molar-refractivity contribution in [2.75, 3.05) is 18.1 Å². The van der Waals surface area contributed by atoms with E-state index in [1.807, 2.05) is 0 Å². The molecule has 0 atom stereocenters. The highest BCUT2D eigenvalue weighted by atomic mass is 16.5. The summed E-state index contributed by atoms with van der Waals surface area (Å²) in [5.41, 5.74) is 5.53. The molecule has 0 spiro atoms. The van der Waals surface area contributed by atoms with Crippen molar-refractivity contribution in [3.63, 3.8) is 0 Å². The van der Waals surface area contributed by atoms with Crippen LogP contribution in [0.1, 0.15) is 0 Å². The van der Waals surface area contributed by atoms with Gasteiger partial charge in [-0.15, -0.1) is 0 Å². The summed E-state index contributed by atoms with van der Waals surface area (Å²) in [4.78, 5) is 11.8. The minimum Gasteiger partial charge on any atom is -0.437 e. The van der Waals surface area contributed by atoms with Crippen LogP contribution in [0.5, 0.6) is 11.6 Å². The molecule has 2 aromatic heterocycles. The van der Waals surface area contributed by atoms with Gasteiger partial charge in [0.2, 0.25) is 11.8 Å². The van der Waals surface area contributed by atoms with Crippen LogP contribution in [0, 0.1) is 0 Å². The van der Waals surface area contributed by atoms with E-state index in [0.717, 1.165) is 0 Å². The molecule has 0 aliphatic rings. The van der Waals surface area contributed by atoms with E-state index in [1.54, 1.807) is 37.6 Å². The molecule has 0 aromatic carbocycles. The highest BCUT2D eigenvalue weighted by molar-refractivity contribution is 5.43. The van der Waals surface area contributed by atoms with Crippen LogP contribution in [0.4, 0.5) is 11.8 Å². The maximum atomic E-state index is 5.53. The summed E-state index contributed by atoms with van der Waals surface area (Å²) in [7, 11) is 1.75. The fourth-order valence-corrected chi connectivity index (χ4v) is 1.15. The maximum Gasteiger partial charge on any atom is 0.226 e. The highest BCUT2D eigenvalue weighted by Crippen LogP contribution is 2.20. The number of hydrogen-bond donors (Lipinski definition) is 2. The van der Waals surface area contributed by atoms with Crippen LogP contribution in [-0.2, 0) is 0 Å². The summed E-state index contributed by atoms with van der Waals surface area (Å²) in [6.45, 7) is 0. The highest BCUT2D eigenvalue weighted by Gasteiger charge is 2.03. The molecule has 2 heterocycles.